The zero-order valence-electron chi connectivity index (χ0n) is 17.4. The summed E-state index contributed by atoms with van der Waals surface area (Å²) in [6, 6.07) is 12.4. The normalized spacial score (nSPS) is 10.7. The van der Waals surface area contributed by atoms with Crippen LogP contribution < -0.4 is 14.8 Å². The van der Waals surface area contributed by atoms with Gasteiger partial charge in [0.15, 0.2) is 18.1 Å². The number of aryl methyl sites for hydroxylation is 2. The second kappa shape index (κ2) is 10.7. The second-order valence-electron chi connectivity index (χ2n) is 6.43. The molecule has 0 heterocycles. The quantitative estimate of drug-likeness (QED) is 0.405. The SMILES string of the molecule is CCOc1cc(/C=C(\C#N)C(=O)Nc2ccc(C)c(C)c2)ccc1OCC(=O)OC. The Morgan fingerprint density at radius 3 is 2.47 bits per heavy atom. The summed E-state index contributed by atoms with van der Waals surface area (Å²) in [5.41, 5.74) is 3.29. The summed E-state index contributed by atoms with van der Waals surface area (Å²) < 4.78 is 15.5. The molecule has 2 aromatic rings. The predicted molar refractivity (Wildman–Crippen MR) is 113 cm³/mol. The number of rotatable bonds is 8. The molecular formula is C23H24N2O5. The smallest absolute Gasteiger partial charge is 0.343 e. The van der Waals surface area contributed by atoms with Crippen molar-refractivity contribution < 1.29 is 23.8 Å². The molecule has 0 saturated heterocycles. The van der Waals surface area contributed by atoms with Crippen molar-refractivity contribution >= 4 is 23.6 Å². The van der Waals surface area contributed by atoms with Gasteiger partial charge in [0, 0.05) is 5.69 Å². The molecule has 0 radical (unpaired) electrons. The summed E-state index contributed by atoms with van der Waals surface area (Å²) in [7, 11) is 1.27. The number of ether oxygens (including phenoxy) is 3. The molecule has 0 spiro atoms. The first-order valence-electron chi connectivity index (χ1n) is 9.34. The lowest BCUT2D eigenvalue weighted by atomic mass is 10.1. The van der Waals surface area contributed by atoms with Crippen LogP contribution in [0.3, 0.4) is 0 Å². The molecule has 0 unspecified atom stereocenters. The van der Waals surface area contributed by atoms with Crippen LogP contribution in [-0.2, 0) is 14.3 Å². The van der Waals surface area contributed by atoms with Crippen molar-refractivity contribution in [2.75, 3.05) is 25.6 Å². The minimum atomic E-state index is -0.517. The zero-order chi connectivity index (χ0) is 22.1. The van der Waals surface area contributed by atoms with Crippen molar-refractivity contribution in [1.82, 2.24) is 0 Å². The fraction of sp³-hybridized carbons (Fsp3) is 0.261. The maximum absolute atomic E-state index is 12.5. The number of hydrogen-bond acceptors (Lipinski definition) is 6. The standard InChI is InChI=1S/C23H24N2O5/c1-5-29-21-12-17(7-9-20(21)30-14-22(26)28-4)11-18(13-24)23(27)25-19-8-6-15(2)16(3)10-19/h6-12H,5,14H2,1-4H3,(H,25,27)/b18-11+. The number of carbonyl (C=O) groups is 2. The lowest BCUT2D eigenvalue weighted by Crippen LogP contribution is -2.14. The third-order valence-electron chi connectivity index (χ3n) is 4.28. The Kier molecular flexibility index (Phi) is 8.00. The van der Waals surface area contributed by atoms with Crippen LogP contribution in [0.2, 0.25) is 0 Å². The number of carbonyl (C=O) groups excluding carboxylic acids is 2. The summed E-state index contributed by atoms with van der Waals surface area (Å²) in [4.78, 5) is 23.8. The van der Waals surface area contributed by atoms with Gasteiger partial charge in [-0.25, -0.2) is 4.79 Å². The molecule has 0 atom stereocenters. The fourth-order valence-corrected chi connectivity index (χ4v) is 2.53. The Balaban J connectivity index is 2.23. The van der Waals surface area contributed by atoms with E-state index in [1.165, 1.54) is 13.2 Å². The van der Waals surface area contributed by atoms with Gasteiger partial charge < -0.3 is 19.5 Å². The molecule has 0 saturated carbocycles. The summed E-state index contributed by atoms with van der Waals surface area (Å²) in [6.45, 7) is 5.86. The van der Waals surface area contributed by atoms with E-state index in [0.29, 0.717) is 29.4 Å². The lowest BCUT2D eigenvalue weighted by Gasteiger charge is -2.12. The number of benzene rings is 2. The van der Waals surface area contributed by atoms with Crippen LogP contribution in [0.4, 0.5) is 5.69 Å². The first-order chi connectivity index (χ1) is 14.4. The van der Waals surface area contributed by atoms with Gasteiger partial charge in [0.25, 0.3) is 5.91 Å². The van der Waals surface area contributed by atoms with Gasteiger partial charge in [-0.05, 0) is 67.8 Å². The number of amides is 1. The minimum Gasteiger partial charge on any atom is -0.490 e. The molecule has 2 aromatic carbocycles. The maximum atomic E-state index is 12.5. The highest BCUT2D eigenvalue weighted by atomic mass is 16.6. The van der Waals surface area contributed by atoms with E-state index >= 15 is 0 Å². The molecule has 7 heteroatoms. The highest BCUT2D eigenvalue weighted by molar-refractivity contribution is 6.09. The zero-order valence-corrected chi connectivity index (χ0v) is 17.4. The summed E-state index contributed by atoms with van der Waals surface area (Å²) in [5.74, 6) is -0.277. The molecule has 0 aromatic heterocycles. The number of nitriles is 1. The van der Waals surface area contributed by atoms with Gasteiger partial charge in [-0.1, -0.05) is 12.1 Å². The third kappa shape index (κ3) is 6.11. The average molecular weight is 408 g/mol. The van der Waals surface area contributed by atoms with Gasteiger partial charge in [0.05, 0.1) is 13.7 Å². The van der Waals surface area contributed by atoms with Gasteiger partial charge in [0.2, 0.25) is 0 Å². The van der Waals surface area contributed by atoms with Gasteiger partial charge in [0.1, 0.15) is 11.6 Å². The molecule has 7 nitrogen and oxygen atoms in total. The first-order valence-corrected chi connectivity index (χ1v) is 9.34. The molecule has 0 fully saturated rings. The van der Waals surface area contributed by atoms with Gasteiger partial charge in [-0.2, -0.15) is 5.26 Å². The number of nitrogens with zero attached hydrogens (tertiary/aromatic N) is 1. The van der Waals surface area contributed by atoms with E-state index in [-0.39, 0.29) is 12.2 Å². The number of nitrogens with one attached hydrogen (secondary N) is 1. The van der Waals surface area contributed by atoms with Crippen LogP contribution in [0, 0.1) is 25.2 Å². The van der Waals surface area contributed by atoms with Crippen molar-refractivity contribution in [2.24, 2.45) is 0 Å². The number of methoxy groups -OCH3 is 1. The topological polar surface area (TPSA) is 97.6 Å². The van der Waals surface area contributed by atoms with Crippen LogP contribution in [0.5, 0.6) is 11.5 Å². The molecule has 2 rings (SSSR count). The molecule has 0 bridgehead atoms. The average Bonchev–Trinajstić information content (AvgIpc) is 2.73. The molecule has 1 N–H and O–H groups in total. The maximum Gasteiger partial charge on any atom is 0.343 e. The molecule has 0 aliphatic heterocycles. The van der Waals surface area contributed by atoms with Crippen molar-refractivity contribution in [3.05, 3.63) is 58.7 Å². The van der Waals surface area contributed by atoms with E-state index < -0.39 is 11.9 Å². The largest absolute Gasteiger partial charge is 0.490 e. The molecule has 1 amide bonds. The van der Waals surface area contributed by atoms with E-state index in [1.54, 1.807) is 24.3 Å². The number of esters is 1. The Hall–Kier alpha value is -3.79. The van der Waals surface area contributed by atoms with Crippen LogP contribution in [-0.4, -0.2) is 32.2 Å². The van der Waals surface area contributed by atoms with E-state index in [4.69, 9.17) is 9.47 Å². The number of anilines is 1. The van der Waals surface area contributed by atoms with Crippen LogP contribution in [0.15, 0.2) is 42.0 Å². The van der Waals surface area contributed by atoms with E-state index in [0.717, 1.165) is 11.1 Å². The Labute approximate surface area is 175 Å². The Bertz CT molecular complexity index is 1010. The highest BCUT2D eigenvalue weighted by Gasteiger charge is 2.13. The second-order valence-corrected chi connectivity index (χ2v) is 6.43. The molecule has 156 valence electrons. The van der Waals surface area contributed by atoms with Crippen LogP contribution >= 0.6 is 0 Å². The van der Waals surface area contributed by atoms with Crippen molar-refractivity contribution in [3.63, 3.8) is 0 Å². The van der Waals surface area contributed by atoms with Gasteiger partial charge >= 0.3 is 5.97 Å². The summed E-state index contributed by atoms with van der Waals surface area (Å²) in [5, 5.41) is 12.2. The summed E-state index contributed by atoms with van der Waals surface area (Å²) in [6.07, 6.45) is 1.46. The van der Waals surface area contributed by atoms with Crippen molar-refractivity contribution in [2.45, 2.75) is 20.8 Å². The third-order valence-corrected chi connectivity index (χ3v) is 4.28. The van der Waals surface area contributed by atoms with E-state index in [1.807, 2.05) is 39.0 Å². The molecule has 0 aliphatic rings. The van der Waals surface area contributed by atoms with Crippen LogP contribution in [0.25, 0.3) is 6.08 Å². The highest BCUT2D eigenvalue weighted by Crippen LogP contribution is 2.29. The Morgan fingerprint density at radius 1 is 1.07 bits per heavy atom. The van der Waals surface area contributed by atoms with E-state index in [9.17, 15) is 14.9 Å². The minimum absolute atomic E-state index is 0.0566. The van der Waals surface area contributed by atoms with E-state index in [2.05, 4.69) is 10.1 Å². The fourth-order valence-electron chi connectivity index (χ4n) is 2.53. The van der Waals surface area contributed by atoms with Crippen molar-refractivity contribution in [1.29, 1.82) is 5.26 Å². The molecule has 30 heavy (non-hydrogen) atoms. The monoisotopic (exact) mass is 408 g/mol. The van der Waals surface area contributed by atoms with Gasteiger partial charge in [-0.15, -0.1) is 0 Å². The first kappa shape index (κ1) is 22.5. The Morgan fingerprint density at radius 2 is 1.83 bits per heavy atom. The summed E-state index contributed by atoms with van der Waals surface area (Å²) >= 11 is 0. The van der Waals surface area contributed by atoms with Gasteiger partial charge in [-0.3, -0.25) is 4.79 Å². The van der Waals surface area contributed by atoms with Crippen LogP contribution in [0.1, 0.15) is 23.6 Å². The predicted octanol–water partition coefficient (Wildman–Crippen LogP) is 3.80. The molecular weight excluding hydrogens is 384 g/mol. The molecule has 0 aliphatic carbocycles. The number of hydrogen-bond donors (Lipinski definition) is 1. The lowest BCUT2D eigenvalue weighted by molar-refractivity contribution is -0.142. The van der Waals surface area contributed by atoms with Crippen molar-refractivity contribution in [3.8, 4) is 17.6 Å².